The molecule has 0 spiro atoms. The van der Waals surface area contributed by atoms with E-state index in [2.05, 4.69) is 6.92 Å². The molecule has 0 saturated carbocycles. The van der Waals surface area contributed by atoms with Gasteiger partial charge in [-0.05, 0) is 90.5 Å². The van der Waals surface area contributed by atoms with Gasteiger partial charge in [0.15, 0.2) is 11.5 Å². The Hall–Kier alpha value is -3.42. The van der Waals surface area contributed by atoms with E-state index in [4.69, 9.17) is 14.2 Å². The standard InChI is InChI=1S/C33H40O7/c1-4-19(6-5-13-34)7-8-20-14-22-15-23(35)10-11-24(22)32-30(39-3)18-28-25(31(20)32)17-27(37)33(40-28)21-9-12-26(36)29(16-21)38-2/h9-12,15-16,18-20,27,33-37H,4-8,13-14,17H2,1-3H3/t19-,20+,27-,33+/m1/s1. The van der Waals surface area contributed by atoms with Crippen LogP contribution >= 0.6 is 0 Å². The number of rotatable bonds is 10. The van der Waals surface area contributed by atoms with Crippen molar-refractivity contribution in [1.82, 2.24) is 0 Å². The number of ether oxygens (including phenoxy) is 3. The van der Waals surface area contributed by atoms with Crippen molar-refractivity contribution in [3.05, 3.63) is 64.7 Å². The van der Waals surface area contributed by atoms with Gasteiger partial charge in [-0.3, -0.25) is 0 Å². The van der Waals surface area contributed by atoms with Crippen molar-refractivity contribution in [3.8, 4) is 39.9 Å². The SMILES string of the molecule is CC[C@H](CCCO)CC[C@H]1Cc2cc(O)ccc2-c2c(OC)cc3c(c21)C[C@@H](O)[C@H](c1ccc(O)c(OC)c1)O3. The predicted octanol–water partition coefficient (Wildman–Crippen LogP) is 6.04. The molecule has 40 heavy (non-hydrogen) atoms. The first-order valence-corrected chi connectivity index (χ1v) is 14.3. The normalized spacial score (nSPS) is 20.1. The van der Waals surface area contributed by atoms with Gasteiger partial charge in [0.25, 0.3) is 0 Å². The van der Waals surface area contributed by atoms with Crippen LogP contribution in [0.1, 0.15) is 73.3 Å². The number of hydrogen-bond donors (Lipinski definition) is 4. The Morgan fingerprint density at radius 1 is 0.975 bits per heavy atom. The molecule has 0 aromatic heterocycles. The number of hydrogen-bond acceptors (Lipinski definition) is 7. The van der Waals surface area contributed by atoms with Crippen molar-refractivity contribution >= 4 is 0 Å². The third-order valence-electron chi connectivity index (χ3n) is 8.67. The van der Waals surface area contributed by atoms with Crippen LogP contribution in [0.4, 0.5) is 0 Å². The molecule has 1 aliphatic heterocycles. The van der Waals surface area contributed by atoms with E-state index in [0.717, 1.165) is 71.9 Å². The number of aliphatic hydroxyl groups excluding tert-OH is 2. The number of methoxy groups -OCH3 is 2. The maximum Gasteiger partial charge on any atom is 0.160 e. The highest BCUT2D eigenvalue weighted by molar-refractivity contribution is 5.83. The minimum Gasteiger partial charge on any atom is -0.508 e. The monoisotopic (exact) mass is 548 g/mol. The van der Waals surface area contributed by atoms with Crippen LogP contribution in [-0.4, -0.2) is 47.4 Å². The van der Waals surface area contributed by atoms with E-state index in [1.807, 2.05) is 18.2 Å². The Balaban J connectivity index is 1.58. The highest BCUT2D eigenvalue weighted by Gasteiger charge is 2.38. The molecular formula is C33H40O7. The fourth-order valence-electron chi connectivity index (χ4n) is 6.57. The Labute approximate surface area is 236 Å². The summed E-state index contributed by atoms with van der Waals surface area (Å²) in [7, 11) is 3.15. The molecule has 5 rings (SSSR count). The van der Waals surface area contributed by atoms with Gasteiger partial charge in [0.2, 0.25) is 0 Å². The molecule has 0 amide bonds. The van der Waals surface area contributed by atoms with E-state index < -0.39 is 12.2 Å². The summed E-state index contributed by atoms with van der Waals surface area (Å²) in [6.07, 6.45) is 4.62. The number of aliphatic hydroxyl groups is 2. The van der Waals surface area contributed by atoms with Crippen molar-refractivity contribution in [1.29, 1.82) is 0 Å². The highest BCUT2D eigenvalue weighted by atomic mass is 16.5. The molecule has 0 unspecified atom stereocenters. The zero-order valence-electron chi connectivity index (χ0n) is 23.5. The summed E-state index contributed by atoms with van der Waals surface area (Å²) in [6.45, 7) is 2.42. The molecule has 3 aromatic rings. The van der Waals surface area contributed by atoms with E-state index in [1.165, 1.54) is 7.11 Å². The first kappa shape index (κ1) is 28.1. The lowest BCUT2D eigenvalue weighted by Gasteiger charge is -2.38. The predicted molar refractivity (Wildman–Crippen MR) is 154 cm³/mol. The lowest BCUT2D eigenvalue weighted by atomic mass is 9.72. The quantitative estimate of drug-likeness (QED) is 0.245. The van der Waals surface area contributed by atoms with Crippen molar-refractivity contribution in [3.63, 3.8) is 0 Å². The van der Waals surface area contributed by atoms with Crippen LogP contribution < -0.4 is 14.2 Å². The van der Waals surface area contributed by atoms with Gasteiger partial charge in [0, 0.05) is 30.2 Å². The summed E-state index contributed by atoms with van der Waals surface area (Å²) >= 11 is 0. The number of aromatic hydroxyl groups is 2. The average Bonchev–Trinajstić information content (AvgIpc) is 2.96. The van der Waals surface area contributed by atoms with Gasteiger partial charge in [-0.2, -0.15) is 0 Å². The molecule has 7 heteroatoms. The molecule has 1 heterocycles. The molecule has 0 fully saturated rings. The summed E-state index contributed by atoms with van der Waals surface area (Å²) in [6, 6.07) is 12.4. The largest absolute Gasteiger partial charge is 0.508 e. The van der Waals surface area contributed by atoms with Crippen molar-refractivity contribution in [2.45, 2.75) is 70.0 Å². The second-order valence-corrected chi connectivity index (χ2v) is 11.0. The van der Waals surface area contributed by atoms with E-state index in [1.54, 1.807) is 31.4 Å². The van der Waals surface area contributed by atoms with Gasteiger partial charge < -0.3 is 34.6 Å². The van der Waals surface area contributed by atoms with Gasteiger partial charge in [-0.1, -0.05) is 25.5 Å². The Bertz CT molecular complexity index is 1350. The maximum atomic E-state index is 11.4. The van der Waals surface area contributed by atoms with Crippen LogP contribution in [0, 0.1) is 5.92 Å². The summed E-state index contributed by atoms with van der Waals surface area (Å²) < 4.78 is 17.7. The third kappa shape index (κ3) is 5.32. The summed E-state index contributed by atoms with van der Waals surface area (Å²) in [5.41, 5.74) is 6.01. The molecule has 4 N–H and O–H groups in total. The molecule has 4 atom stereocenters. The van der Waals surface area contributed by atoms with Gasteiger partial charge in [0.05, 0.1) is 20.3 Å². The summed E-state index contributed by atoms with van der Waals surface area (Å²) in [5, 5.41) is 41.1. The van der Waals surface area contributed by atoms with Crippen LogP contribution in [0.25, 0.3) is 11.1 Å². The second-order valence-electron chi connectivity index (χ2n) is 11.0. The lowest BCUT2D eigenvalue weighted by Crippen LogP contribution is -2.32. The van der Waals surface area contributed by atoms with Crippen LogP contribution in [-0.2, 0) is 12.8 Å². The van der Waals surface area contributed by atoms with Crippen LogP contribution in [0.3, 0.4) is 0 Å². The Morgan fingerprint density at radius 2 is 1.77 bits per heavy atom. The zero-order chi connectivity index (χ0) is 28.4. The van der Waals surface area contributed by atoms with Crippen LogP contribution in [0.2, 0.25) is 0 Å². The fourth-order valence-corrected chi connectivity index (χ4v) is 6.57. The van der Waals surface area contributed by atoms with Crippen molar-refractivity contribution < 1.29 is 34.6 Å². The third-order valence-corrected chi connectivity index (χ3v) is 8.67. The highest BCUT2D eigenvalue weighted by Crippen LogP contribution is 2.53. The van der Waals surface area contributed by atoms with Crippen LogP contribution in [0.15, 0.2) is 42.5 Å². The molecule has 214 valence electrons. The maximum absolute atomic E-state index is 11.4. The number of benzene rings is 3. The molecule has 7 nitrogen and oxygen atoms in total. The number of phenols is 2. The minimum absolute atomic E-state index is 0.0320. The number of phenolic OH excluding ortho intramolecular Hbond substituents is 2. The second kappa shape index (κ2) is 12.0. The average molecular weight is 549 g/mol. The molecule has 1 aliphatic carbocycles. The van der Waals surface area contributed by atoms with E-state index in [0.29, 0.717) is 29.6 Å². The Kier molecular flexibility index (Phi) is 8.43. The van der Waals surface area contributed by atoms with Gasteiger partial charge >= 0.3 is 0 Å². The van der Waals surface area contributed by atoms with Gasteiger partial charge in [-0.25, -0.2) is 0 Å². The van der Waals surface area contributed by atoms with Gasteiger partial charge in [0.1, 0.15) is 23.4 Å². The fraction of sp³-hybridized carbons (Fsp3) is 0.455. The smallest absolute Gasteiger partial charge is 0.160 e. The lowest BCUT2D eigenvalue weighted by molar-refractivity contribution is 0.0201. The van der Waals surface area contributed by atoms with Crippen molar-refractivity contribution in [2.75, 3.05) is 20.8 Å². The summed E-state index contributed by atoms with van der Waals surface area (Å²) in [4.78, 5) is 0. The minimum atomic E-state index is -0.797. The first-order chi connectivity index (χ1) is 19.4. The van der Waals surface area contributed by atoms with Gasteiger partial charge in [-0.15, -0.1) is 0 Å². The molecule has 0 saturated heterocycles. The molecular weight excluding hydrogens is 508 g/mol. The van der Waals surface area contributed by atoms with E-state index >= 15 is 0 Å². The first-order valence-electron chi connectivity index (χ1n) is 14.3. The molecule has 3 aromatic carbocycles. The van der Waals surface area contributed by atoms with E-state index in [9.17, 15) is 20.4 Å². The molecule has 0 bridgehead atoms. The van der Waals surface area contributed by atoms with Crippen molar-refractivity contribution in [2.24, 2.45) is 5.92 Å². The number of fused-ring (bicyclic) bond motifs is 5. The molecule has 0 radical (unpaired) electrons. The summed E-state index contributed by atoms with van der Waals surface area (Å²) in [5.74, 6) is 2.70. The Morgan fingerprint density at radius 3 is 2.50 bits per heavy atom. The van der Waals surface area contributed by atoms with Crippen LogP contribution in [0.5, 0.6) is 28.7 Å². The topological polar surface area (TPSA) is 109 Å². The molecule has 2 aliphatic rings. The van der Waals surface area contributed by atoms with E-state index in [-0.39, 0.29) is 24.0 Å². The zero-order valence-corrected chi connectivity index (χ0v) is 23.5.